The summed E-state index contributed by atoms with van der Waals surface area (Å²) in [6.45, 7) is 11.1. The molecule has 0 atom stereocenters. The first-order valence-electron chi connectivity index (χ1n) is 9.51. The Morgan fingerprint density at radius 1 is 0.800 bits per heavy atom. The highest BCUT2D eigenvalue weighted by Crippen LogP contribution is 2.13. The van der Waals surface area contributed by atoms with Crippen LogP contribution in [-0.2, 0) is 7.05 Å². The van der Waals surface area contributed by atoms with Crippen LogP contribution < -0.4 is 4.57 Å². The van der Waals surface area contributed by atoms with Gasteiger partial charge in [0, 0.05) is 0 Å². The largest absolute Gasteiger partial charge is 0.248 e. The summed E-state index contributed by atoms with van der Waals surface area (Å²) < 4.78 is 4.18. The van der Waals surface area contributed by atoms with Gasteiger partial charge in [0.1, 0.15) is 12.4 Å². The average molecular weight is 342 g/mol. The second-order valence-corrected chi connectivity index (χ2v) is 7.50. The summed E-state index contributed by atoms with van der Waals surface area (Å²) in [5.41, 5.74) is 5.86. The Hall–Kier alpha value is -1.83. The maximum atomic E-state index is 2.41. The molecule has 1 aromatic heterocycles. The van der Waals surface area contributed by atoms with Crippen LogP contribution in [0.2, 0.25) is 0 Å². The van der Waals surface area contributed by atoms with E-state index in [2.05, 4.69) is 86.9 Å². The molecule has 0 unspecified atom stereocenters. The predicted octanol–water partition coefficient (Wildman–Crippen LogP) is 6.37. The third-order valence-electron chi connectivity index (χ3n) is 4.31. The lowest BCUT2D eigenvalue weighted by molar-refractivity contribution is -0.670. The lowest BCUT2D eigenvalue weighted by Crippen LogP contribution is -2.23. The van der Waals surface area contributed by atoms with Gasteiger partial charge >= 0.3 is 0 Å². The van der Waals surface area contributed by atoms with E-state index < -0.39 is 0 Å². The number of allylic oxidation sites excluding steroid dienone is 7. The summed E-state index contributed by atoms with van der Waals surface area (Å²) in [6, 6.07) is 0. The minimum absolute atomic E-state index is 1.12. The van der Waals surface area contributed by atoms with E-state index in [1.54, 1.807) is 0 Å². The molecule has 25 heavy (non-hydrogen) atoms. The highest BCUT2D eigenvalue weighted by molar-refractivity contribution is 5.28. The topological polar surface area (TPSA) is 8.81 Å². The molecule has 0 saturated carbocycles. The summed E-state index contributed by atoms with van der Waals surface area (Å²) in [5.74, 6) is 0. The molecule has 0 amide bonds. The van der Waals surface area contributed by atoms with Crippen LogP contribution in [0.1, 0.15) is 73.1 Å². The second kappa shape index (κ2) is 11.7. The SMILES string of the molecule is CC(C)=CCC/C(C)=C/CC/C(C)=C/CC/C(C)=C/n1cc[n+](C)c1. The fourth-order valence-electron chi connectivity index (χ4n) is 2.75. The molecule has 0 fully saturated rings. The number of hydrogen-bond donors (Lipinski definition) is 0. The monoisotopic (exact) mass is 341 g/mol. The number of rotatable bonds is 10. The van der Waals surface area contributed by atoms with Crippen LogP contribution in [0.4, 0.5) is 0 Å². The number of aromatic nitrogens is 2. The smallest absolute Gasteiger partial charge is 0.239 e. The molecule has 0 aliphatic heterocycles. The maximum absolute atomic E-state index is 2.41. The number of imidazole rings is 1. The average Bonchev–Trinajstić information content (AvgIpc) is 2.91. The van der Waals surface area contributed by atoms with Crippen molar-refractivity contribution in [2.45, 2.75) is 73.1 Å². The van der Waals surface area contributed by atoms with Gasteiger partial charge in [-0.1, -0.05) is 34.9 Å². The Labute approximate surface area is 155 Å². The zero-order valence-corrected chi connectivity index (χ0v) is 17.2. The van der Waals surface area contributed by atoms with E-state index in [0.29, 0.717) is 0 Å². The van der Waals surface area contributed by atoms with E-state index in [1.165, 1.54) is 41.6 Å². The minimum atomic E-state index is 1.12. The van der Waals surface area contributed by atoms with Crippen molar-refractivity contribution in [3.8, 4) is 0 Å². The molecule has 0 bridgehead atoms. The van der Waals surface area contributed by atoms with E-state index in [-0.39, 0.29) is 0 Å². The van der Waals surface area contributed by atoms with Crippen molar-refractivity contribution in [1.82, 2.24) is 4.57 Å². The molecule has 0 saturated heterocycles. The minimum Gasteiger partial charge on any atom is -0.239 e. The second-order valence-electron chi connectivity index (χ2n) is 7.50. The fourth-order valence-corrected chi connectivity index (χ4v) is 2.75. The molecule has 0 N–H and O–H groups in total. The molecular weight excluding hydrogens is 304 g/mol. The van der Waals surface area contributed by atoms with Crippen LogP contribution in [0.3, 0.4) is 0 Å². The zero-order valence-electron chi connectivity index (χ0n) is 17.2. The van der Waals surface area contributed by atoms with Gasteiger partial charge in [-0.05, 0) is 78.7 Å². The number of nitrogens with zero attached hydrogens (tertiary/aromatic N) is 2. The highest BCUT2D eigenvalue weighted by atomic mass is 15.1. The van der Waals surface area contributed by atoms with Crippen molar-refractivity contribution >= 4 is 6.20 Å². The fraction of sp³-hybridized carbons (Fsp3) is 0.522. The molecular formula is C23H37N2+. The first-order chi connectivity index (χ1) is 11.9. The first-order valence-corrected chi connectivity index (χ1v) is 9.51. The third kappa shape index (κ3) is 10.6. The summed E-state index contributed by atoms with van der Waals surface area (Å²) in [5, 5.41) is 0. The summed E-state index contributed by atoms with van der Waals surface area (Å²) in [4.78, 5) is 0. The van der Waals surface area contributed by atoms with Crippen LogP contribution >= 0.6 is 0 Å². The van der Waals surface area contributed by atoms with Crippen LogP contribution in [0.5, 0.6) is 0 Å². The van der Waals surface area contributed by atoms with Gasteiger partial charge in [-0.3, -0.25) is 0 Å². The Morgan fingerprint density at radius 2 is 1.32 bits per heavy atom. The molecule has 0 aliphatic carbocycles. The standard InChI is InChI=1S/C23H37N2/c1-20(2)10-7-11-21(3)12-8-13-22(4)14-9-15-23(5)18-25-17-16-24(6)19-25/h10,12,14,16-19H,7-9,11,13,15H2,1-6H3/q+1/b21-12+,22-14+,23-18+. The van der Waals surface area contributed by atoms with E-state index in [4.69, 9.17) is 0 Å². The van der Waals surface area contributed by atoms with Crippen molar-refractivity contribution < 1.29 is 4.57 Å². The van der Waals surface area contributed by atoms with Gasteiger partial charge in [0.2, 0.25) is 6.33 Å². The highest BCUT2D eigenvalue weighted by Gasteiger charge is 1.98. The molecule has 2 nitrogen and oxygen atoms in total. The van der Waals surface area contributed by atoms with Crippen molar-refractivity contribution in [2.75, 3.05) is 0 Å². The Kier molecular flexibility index (Phi) is 9.91. The van der Waals surface area contributed by atoms with Crippen molar-refractivity contribution in [3.05, 3.63) is 59.2 Å². The van der Waals surface area contributed by atoms with E-state index in [0.717, 1.165) is 19.3 Å². The van der Waals surface area contributed by atoms with Crippen LogP contribution in [-0.4, -0.2) is 4.57 Å². The van der Waals surface area contributed by atoms with Crippen molar-refractivity contribution in [1.29, 1.82) is 0 Å². The van der Waals surface area contributed by atoms with Gasteiger partial charge in [0.05, 0.1) is 13.2 Å². The Morgan fingerprint density at radius 3 is 1.80 bits per heavy atom. The molecule has 0 spiro atoms. The molecule has 138 valence electrons. The van der Waals surface area contributed by atoms with Gasteiger partial charge in [-0.25, -0.2) is 9.13 Å². The maximum Gasteiger partial charge on any atom is 0.248 e. The van der Waals surface area contributed by atoms with Gasteiger partial charge < -0.3 is 0 Å². The molecule has 0 aliphatic rings. The van der Waals surface area contributed by atoms with Crippen molar-refractivity contribution in [3.63, 3.8) is 0 Å². The Balaban J connectivity index is 2.29. The van der Waals surface area contributed by atoms with Crippen LogP contribution in [0.15, 0.2) is 59.2 Å². The number of aryl methyl sites for hydroxylation is 1. The van der Waals surface area contributed by atoms with E-state index in [1.807, 2.05) is 7.05 Å². The predicted molar refractivity (Wildman–Crippen MR) is 110 cm³/mol. The van der Waals surface area contributed by atoms with Crippen LogP contribution in [0, 0.1) is 0 Å². The van der Waals surface area contributed by atoms with Gasteiger partial charge in [-0.15, -0.1) is 0 Å². The Bertz CT molecular complexity index is 635. The molecule has 0 aromatic carbocycles. The quantitative estimate of drug-likeness (QED) is 0.345. The molecule has 1 heterocycles. The third-order valence-corrected chi connectivity index (χ3v) is 4.31. The summed E-state index contributed by atoms with van der Waals surface area (Å²) >= 11 is 0. The normalized spacial score (nSPS) is 13.3. The molecule has 0 radical (unpaired) electrons. The number of hydrogen-bond acceptors (Lipinski definition) is 0. The molecule has 1 aromatic rings. The molecule has 1 rings (SSSR count). The van der Waals surface area contributed by atoms with Crippen LogP contribution in [0.25, 0.3) is 6.20 Å². The lowest BCUT2D eigenvalue weighted by Gasteiger charge is -2.02. The van der Waals surface area contributed by atoms with E-state index in [9.17, 15) is 0 Å². The zero-order chi connectivity index (χ0) is 18.7. The van der Waals surface area contributed by atoms with Crippen molar-refractivity contribution in [2.24, 2.45) is 7.05 Å². The van der Waals surface area contributed by atoms with E-state index >= 15 is 0 Å². The summed E-state index contributed by atoms with van der Waals surface area (Å²) in [7, 11) is 2.05. The summed E-state index contributed by atoms with van der Waals surface area (Å²) in [6.07, 6.45) is 22.5. The van der Waals surface area contributed by atoms with Gasteiger partial charge in [0.25, 0.3) is 0 Å². The lowest BCUT2D eigenvalue weighted by atomic mass is 10.0. The van der Waals surface area contributed by atoms with Gasteiger partial charge in [0.15, 0.2) is 0 Å². The van der Waals surface area contributed by atoms with Gasteiger partial charge in [-0.2, -0.15) is 0 Å². The molecule has 2 heteroatoms. The first kappa shape index (κ1) is 21.2.